The minimum atomic E-state index is -4.98. The van der Waals surface area contributed by atoms with Crippen LogP contribution in [0.2, 0.25) is 0 Å². The number of halogens is 5. The molecule has 0 bridgehead atoms. The van der Waals surface area contributed by atoms with Gasteiger partial charge in [0, 0.05) is 18.1 Å². The molecule has 0 radical (unpaired) electrons. The number of para-hydroxylation sites is 1. The predicted octanol–water partition coefficient (Wildman–Crippen LogP) is 3.89. The highest BCUT2D eigenvalue weighted by Crippen LogP contribution is 2.43. The van der Waals surface area contributed by atoms with E-state index in [0.29, 0.717) is 10.9 Å². The van der Waals surface area contributed by atoms with Gasteiger partial charge >= 0.3 is 6.18 Å². The fraction of sp³-hybridized carbons (Fsp3) is 0.375. The monoisotopic (exact) mass is 344 g/mol. The first-order chi connectivity index (χ1) is 11.2. The fourth-order valence-corrected chi connectivity index (χ4v) is 2.97. The van der Waals surface area contributed by atoms with E-state index in [4.69, 9.17) is 0 Å². The van der Waals surface area contributed by atoms with Gasteiger partial charge in [-0.05, 0) is 18.6 Å². The zero-order valence-corrected chi connectivity index (χ0v) is 12.4. The maximum atomic E-state index is 13.9. The number of alkyl halides is 5. The van der Waals surface area contributed by atoms with Crippen LogP contribution < -0.4 is 0 Å². The number of aromatic nitrogens is 1. The van der Waals surface area contributed by atoms with Crippen molar-refractivity contribution in [1.29, 1.82) is 0 Å². The summed E-state index contributed by atoms with van der Waals surface area (Å²) in [6, 6.07) is 8.06. The van der Waals surface area contributed by atoms with Crippen molar-refractivity contribution in [2.24, 2.45) is 5.92 Å². The van der Waals surface area contributed by atoms with Crippen LogP contribution in [0.25, 0.3) is 10.9 Å². The SMILES string of the molecule is O=C(c1ccnc2ccccc12)N1CCC(C(F)(F)F)C(F)(F)C1. The Bertz CT molecular complexity index is 769. The van der Waals surface area contributed by atoms with Crippen LogP contribution in [0.3, 0.4) is 0 Å². The zero-order chi connectivity index (χ0) is 17.5. The number of likely N-dealkylation sites (tertiary alicyclic amines) is 1. The van der Waals surface area contributed by atoms with Crippen molar-refractivity contribution in [3.05, 3.63) is 42.1 Å². The smallest absolute Gasteiger partial charge is 0.333 e. The van der Waals surface area contributed by atoms with E-state index in [-0.39, 0.29) is 12.1 Å². The number of carbonyl (C=O) groups excluding carboxylic acids is 1. The van der Waals surface area contributed by atoms with E-state index in [0.717, 1.165) is 4.90 Å². The van der Waals surface area contributed by atoms with Gasteiger partial charge in [-0.1, -0.05) is 18.2 Å². The molecule has 0 N–H and O–H groups in total. The third-order valence-electron chi connectivity index (χ3n) is 4.16. The lowest BCUT2D eigenvalue weighted by atomic mass is 9.91. The Hall–Kier alpha value is -2.25. The lowest BCUT2D eigenvalue weighted by Gasteiger charge is -2.39. The van der Waals surface area contributed by atoms with E-state index in [9.17, 15) is 26.7 Å². The van der Waals surface area contributed by atoms with E-state index in [1.807, 2.05) is 0 Å². The molecule has 1 unspecified atom stereocenters. The fourth-order valence-electron chi connectivity index (χ4n) is 2.97. The summed E-state index contributed by atoms with van der Waals surface area (Å²) in [4.78, 5) is 17.4. The second-order valence-electron chi connectivity index (χ2n) is 5.75. The van der Waals surface area contributed by atoms with Crippen molar-refractivity contribution in [3.63, 3.8) is 0 Å². The highest BCUT2D eigenvalue weighted by atomic mass is 19.4. The molecule has 1 aliphatic rings. The van der Waals surface area contributed by atoms with Crippen molar-refractivity contribution in [1.82, 2.24) is 9.88 Å². The van der Waals surface area contributed by atoms with Crippen LogP contribution in [0.4, 0.5) is 22.0 Å². The Morgan fingerprint density at radius 1 is 1.21 bits per heavy atom. The molecule has 1 aliphatic heterocycles. The van der Waals surface area contributed by atoms with Crippen LogP contribution in [0.5, 0.6) is 0 Å². The van der Waals surface area contributed by atoms with Gasteiger partial charge in [0.05, 0.1) is 17.6 Å². The lowest BCUT2D eigenvalue weighted by molar-refractivity contribution is -0.254. The number of nitrogens with zero attached hydrogens (tertiary/aromatic N) is 2. The summed E-state index contributed by atoms with van der Waals surface area (Å²) in [5.41, 5.74) is 0.669. The summed E-state index contributed by atoms with van der Waals surface area (Å²) in [5, 5.41) is 0.478. The number of amides is 1. The molecule has 8 heteroatoms. The molecular formula is C16H13F5N2O. The van der Waals surface area contributed by atoms with Crippen molar-refractivity contribution in [3.8, 4) is 0 Å². The molecule has 128 valence electrons. The van der Waals surface area contributed by atoms with E-state index in [2.05, 4.69) is 4.98 Å². The predicted molar refractivity (Wildman–Crippen MR) is 76.8 cm³/mol. The topological polar surface area (TPSA) is 33.2 Å². The van der Waals surface area contributed by atoms with Crippen molar-refractivity contribution in [2.45, 2.75) is 18.5 Å². The van der Waals surface area contributed by atoms with Crippen LogP contribution in [0, 0.1) is 5.92 Å². The lowest BCUT2D eigenvalue weighted by Crippen LogP contribution is -2.54. The number of hydrogen-bond acceptors (Lipinski definition) is 2. The van der Waals surface area contributed by atoms with Crippen LogP contribution in [-0.2, 0) is 0 Å². The maximum Gasteiger partial charge on any atom is 0.397 e. The van der Waals surface area contributed by atoms with Gasteiger partial charge in [-0.2, -0.15) is 13.2 Å². The van der Waals surface area contributed by atoms with Gasteiger partial charge < -0.3 is 4.90 Å². The van der Waals surface area contributed by atoms with Crippen molar-refractivity contribution < 1.29 is 26.7 Å². The van der Waals surface area contributed by atoms with Crippen LogP contribution >= 0.6 is 0 Å². The first kappa shape index (κ1) is 16.6. The minimum absolute atomic E-state index is 0.154. The van der Waals surface area contributed by atoms with E-state index >= 15 is 0 Å². The summed E-state index contributed by atoms with van der Waals surface area (Å²) < 4.78 is 65.9. The molecule has 0 spiro atoms. The molecule has 1 atom stereocenters. The number of rotatable bonds is 1. The molecule has 0 aliphatic carbocycles. The molecule has 2 aromatic rings. The van der Waals surface area contributed by atoms with Gasteiger partial charge in [-0.3, -0.25) is 9.78 Å². The molecule has 3 rings (SSSR count). The van der Waals surface area contributed by atoms with Crippen molar-refractivity contribution in [2.75, 3.05) is 13.1 Å². The van der Waals surface area contributed by atoms with Gasteiger partial charge in [0.2, 0.25) is 0 Å². The molecule has 0 saturated carbocycles. The summed E-state index contributed by atoms with van der Waals surface area (Å²) in [6.45, 7) is -1.61. The minimum Gasteiger partial charge on any atom is -0.333 e. The maximum absolute atomic E-state index is 13.9. The van der Waals surface area contributed by atoms with Crippen LogP contribution in [0.15, 0.2) is 36.5 Å². The van der Waals surface area contributed by atoms with E-state index < -0.39 is 36.9 Å². The molecule has 1 aromatic heterocycles. The van der Waals surface area contributed by atoms with E-state index in [1.165, 1.54) is 12.3 Å². The molecule has 24 heavy (non-hydrogen) atoms. The zero-order valence-electron chi connectivity index (χ0n) is 12.4. The number of fused-ring (bicyclic) bond motifs is 1. The first-order valence-electron chi connectivity index (χ1n) is 7.28. The third kappa shape index (κ3) is 2.92. The summed E-state index contributed by atoms with van der Waals surface area (Å²) in [7, 11) is 0. The number of piperidine rings is 1. The Morgan fingerprint density at radius 2 is 1.92 bits per heavy atom. The number of hydrogen-bond donors (Lipinski definition) is 0. The molecule has 1 amide bonds. The second-order valence-corrected chi connectivity index (χ2v) is 5.75. The Kier molecular flexibility index (Phi) is 3.93. The van der Waals surface area contributed by atoms with Gasteiger partial charge in [0.25, 0.3) is 11.8 Å². The number of benzene rings is 1. The standard InChI is InChI=1S/C16H13F5N2O/c17-15(18)9-23(8-6-13(15)16(19,20)21)14(24)11-5-7-22-12-4-2-1-3-10(11)12/h1-5,7,13H,6,8-9H2. The van der Waals surface area contributed by atoms with Crippen molar-refractivity contribution >= 4 is 16.8 Å². The first-order valence-corrected chi connectivity index (χ1v) is 7.28. The Labute approximate surface area is 134 Å². The average Bonchev–Trinajstić information content (AvgIpc) is 2.51. The highest BCUT2D eigenvalue weighted by molar-refractivity contribution is 6.06. The Balaban J connectivity index is 1.89. The molecule has 2 heterocycles. The van der Waals surface area contributed by atoms with Crippen LogP contribution in [0.1, 0.15) is 16.8 Å². The number of carbonyl (C=O) groups is 1. The van der Waals surface area contributed by atoms with Crippen LogP contribution in [-0.4, -0.2) is 41.0 Å². The second kappa shape index (κ2) is 5.68. The molecule has 1 aromatic carbocycles. The Morgan fingerprint density at radius 3 is 2.58 bits per heavy atom. The summed E-state index contributed by atoms with van der Waals surface area (Å²) >= 11 is 0. The van der Waals surface area contributed by atoms with Gasteiger partial charge in [-0.15, -0.1) is 0 Å². The number of pyridine rings is 1. The average molecular weight is 344 g/mol. The van der Waals surface area contributed by atoms with Gasteiger partial charge in [-0.25, -0.2) is 8.78 Å². The molecule has 1 fully saturated rings. The third-order valence-corrected chi connectivity index (χ3v) is 4.16. The molecule has 3 nitrogen and oxygen atoms in total. The van der Waals surface area contributed by atoms with Gasteiger partial charge in [0.1, 0.15) is 5.92 Å². The normalized spacial score (nSPS) is 21.0. The van der Waals surface area contributed by atoms with E-state index in [1.54, 1.807) is 24.3 Å². The molecule has 1 saturated heterocycles. The van der Waals surface area contributed by atoms with Gasteiger partial charge in [0.15, 0.2) is 0 Å². The summed E-state index contributed by atoms with van der Waals surface area (Å²) in [5.74, 6) is -7.44. The molecular weight excluding hydrogens is 331 g/mol. The highest BCUT2D eigenvalue weighted by Gasteiger charge is 2.58. The largest absolute Gasteiger partial charge is 0.397 e. The summed E-state index contributed by atoms with van der Waals surface area (Å²) in [6.07, 6.45) is -4.43. The quantitative estimate of drug-likeness (QED) is 0.735.